The van der Waals surface area contributed by atoms with E-state index in [4.69, 9.17) is 0 Å². The van der Waals surface area contributed by atoms with Crippen LogP contribution in [0, 0.1) is 5.82 Å². The van der Waals surface area contributed by atoms with Gasteiger partial charge in [-0.2, -0.15) is 0 Å². The Morgan fingerprint density at radius 1 is 1.33 bits per heavy atom. The van der Waals surface area contributed by atoms with Crippen LogP contribution in [-0.2, 0) is 5.33 Å². The number of hydrogen-bond acceptors (Lipinski definition) is 2. The topological polar surface area (TPSA) is 6.48 Å². The summed E-state index contributed by atoms with van der Waals surface area (Å²) < 4.78 is 13.3. The lowest BCUT2D eigenvalue weighted by molar-refractivity contribution is 0.139. The predicted octanol–water partition coefficient (Wildman–Crippen LogP) is 3.25. The van der Waals surface area contributed by atoms with Gasteiger partial charge in [-0.25, -0.2) is 4.39 Å². The van der Waals surface area contributed by atoms with Crippen LogP contribution >= 0.6 is 15.9 Å². The number of likely N-dealkylation sites (N-methyl/N-ethyl adjacent to an activating group) is 1. The van der Waals surface area contributed by atoms with E-state index in [1.54, 1.807) is 12.1 Å². The number of nitrogens with zero attached hydrogens (tertiary/aromatic N) is 2. The summed E-state index contributed by atoms with van der Waals surface area (Å²) >= 11 is 3.45. The van der Waals surface area contributed by atoms with Gasteiger partial charge in [-0.15, -0.1) is 0 Å². The molecule has 0 unspecified atom stereocenters. The number of piperazine rings is 1. The van der Waals surface area contributed by atoms with Crippen molar-refractivity contribution in [1.29, 1.82) is 0 Å². The number of anilines is 1. The molecule has 2 nitrogen and oxygen atoms in total. The Bertz CT molecular complexity index is 434. The lowest BCUT2D eigenvalue weighted by Gasteiger charge is -2.46. The van der Waals surface area contributed by atoms with Gasteiger partial charge in [-0.3, -0.25) is 4.90 Å². The van der Waals surface area contributed by atoms with Crippen LogP contribution in [-0.4, -0.2) is 37.1 Å². The zero-order chi connectivity index (χ0) is 13.3. The van der Waals surface area contributed by atoms with Crippen molar-refractivity contribution in [3.63, 3.8) is 0 Å². The Morgan fingerprint density at radius 3 is 2.67 bits per heavy atom. The highest BCUT2D eigenvalue weighted by Gasteiger charge is 2.31. The average Bonchev–Trinajstić information content (AvgIpc) is 2.32. The molecule has 0 atom stereocenters. The molecule has 1 aromatic carbocycles. The highest BCUT2D eigenvalue weighted by molar-refractivity contribution is 9.08. The number of hydrogen-bond donors (Lipinski definition) is 0. The molecule has 0 saturated carbocycles. The molecule has 0 N–H and O–H groups in total. The molecule has 2 rings (SSSR count). The van der Waals surface area contributed by atoms with E-state index in [1.165, 1.54) is 0 Å². The minimum Gasteiger partial charge on any atom is -0.368 e. The summed E-state index contributed by atoms with van der Waals surface area (Å²) in [6.07, 6.45) is 0. The molecular formula is C14H20BrFN2. The van der Waals surface area contributed by atoms with Gasteiger partial charge in [-0.05, 0) is 44.7 Å². The average molecular weight is 315 g/mol. The van der Waals surface area contributed by atoms with Gasteiger partial charge in [0.05, 0.1) is 0 Å². The number of halogens is 2. The smallest absolute Gasteiger partial charge is 0.123 e. The molecule has 0 bridgehead atoms. The molecule has 0 spiro atoms. The monoisotopic (exact) mass is 314 g/mol. The van der Waals surface area contributed by atoms with Crippen molar-refractivity contribution < 1.29 is 4.39 Å². The van der Waals surface area contributed by atoms with Gasteiger partial charge in [0.15, 0.2) is 0 Å². The maximum absolute atomic E-state index is 13.3. The third kappa shape index (κ3) is 2.69. The molecule has 1 aliphatic heterocycles. The van der Waals surface area contributed by atoms with E-state index in [0.29, 0.717) is 5.33 Å². The second-order valence-corrected chi connectivity index (χ2v) is 6.12. The zero-order valence-corrected chi connectivity index (χ0v) is 12.8. The van der Waals surface area contributed by atoms with E-state index in [2.05, 4.69) is 46.6 Å². The van der Waals surface area contributed by atoms with Crippen molar-refractivity contribution in [3.05, 3.63) is 29.6 Å². The Kier molecular flexibility index (Phi) is 3.97. The van der Waals surface area contributed by atoms with Crippen LogP contribution < -0.4 is 4.90 Å². The minimum absolute atomic E-state index is 0.149. The largest absolute Gasteiger partial charge is 0.368 e. The quantitative estimate of drug-likeness (QED) is 0.773. The summed E-state index contributed by atoms with van der Waals surface area (Å²) in [5.41, 5.74) is 2.32. The molecule has 0 radical (unpaired) electrons. The summed E-state index contributed by atoms with van der Waals surface area (Å²) in [6, 6.07) is 5.07. The van der Waals surface area contributed by atoms with Crippen molar-refractivity contribution >= 4 is 21.6 Å². The fourth-order valence-electron chi connectivity index (χ4n) is 2.42. The summed E-state index contributed by atoms with van der Waals surface area (Å²) in [6.45, 7) is 7.49. The van der Waals surface area contributed by atoms with Gasteiger partial charge in [-0.1, -0.05) is 15.9 Å². The molecule has 4 heteroatoms. The molecule has 1 aromatic rings. The molecule has 1 saturated heterocycles. The van der Waals surface area contributed by atoms with E-state index in [1.807, 2.05) is 6.07 Å². The third-order valence-corrected chi connectivity index (χ3v) is 4.45. The Morgan fingerprint density at radius 2 is 2.06 bits per heavy atom. The van der Waals surface area contributed by atoms with Crippen LogP contribution in [0.1, 0.15) is 19.4 Å². The van der Waals surface area contributed by atoms with Crippen molar-refractivity contribution in [2.45, 2.75) is 24.7 Å². The normalized spacial score (nSPS) is 20.2. The lowest BCUT2D eigenvalue weighted by Crippen LogP contribution is -2.57. The fourth-order valence-corrected chi connectivity index (χ4v) is 2.86. The van der Waals surface area contributed by atoms with Crippen LogP contribution in [0.4, 0.5) is 10.1 Å². The van der Waals surface area contributed by atoms with E-state index in [-0.39, 0.29) is 11.4 Å². The Labute approximate surface area is 117 Å². The van der Waals surface area contributed by atoms with Crippen molar-refractivity contribution in [3.8, 4) is 0 Å². The standard InChI is InChI=1S/C14H20BrFN2/c1-14(2)10-18(7-6-17(14)3)13-5-4-12(16)8-11(13)9-15/h4-5,8H,6-7,9-10H2,1-3H3. The van der Waals surface area contributed by atoms with Crippen LogP contribution in [0.2, 0.25) is 0 Å². The van der Waals surface area contributed by atoms with E-state index < -0.39 is 0 Å². The SMILES string of the molecule is CN1CCN(c2ccc(F)cc2CBr)CC1(C)C. The van der Waals surface area contributed by atoms with Crippen LogP contribution in [0.3, 0.4) is 0 Å². The van der Waals surface area contributed by atoms with Crippen LogP contribution in [0.15, 0.2) is 18.2 Å². The molecule has 1 aliphatic rings. The fraction of sp³-hybridized carbons (Fsp3) is 0.571. The molecule has 0 aromatic heterocycles. The first-order valence-electron chi connectivity index (χ1n) is 6.24. The third-order valence-electron chi connectivity index (χ3n) is 3.84. The summed E-state index contributed by atoms with van der Waals surface area (Å²) in [5, 5.41) is 0.687. The molecule has 100 valence electrons. The first kappa shape index (κ1) is 13.8. The predicted molar refractivity (Wildman–Crippen MR) is 78.0 cm³/mol. The highest BCUT2D eigenvalue weighted by Crippen LogP contribution is 2.29. The molecule has 0 aliphatic carbocycles. The van der Waals surface area contributed by atoms with Crippen molar-refractivity contribution in [1.82, 2.24) is 4.90 Å². The van der Waals surface area contributed by atoms with Gasteiger partial charge >= 0.3 is 0 Å². The van der Waals surface area contributed by atoms with Crippen LogP contribution in [0.25, 0.3) is 0 Å². The van der Waals surface area contributed by atoms with Gasteiger partial charge in [0.2, 0.25) is 0 Å². The first-order chi connectivity index (χ1) is 8.44. The Balaban J connectivity index is 2.27. The number of rotatable bonds is 2. The van der Waals surface area contributed by atoms with E-state index in [0.717, 1.165) is 30.9 Å². The lowest BCUT2D eigenvalue weighted by atomic mass is 9.98. The maximum atomic E-state index is 13.3. The van der Waals surface area contributed by atoms with Crippen molar-refractivity contribution in [2.75, 3.05) is 31.6 Å². The minimum atomic E-state index is -0.165. The Hall–Kier alpha value is -0.610. The second-order valence-electron chi connectivity index (χ2n) is 5.56. The van der Waals surface area contributed by atoms with Gasteiger partial charge in [0.25, 0.3) is 0 Å². The van der Waals surface area contributed by atoms with Gasteiger partial charge < -0.3 is 4.90 Å². The second kappa shape index (κ2) is 5.17. The van der Waals surface area contributed by atoms with Gasteiger partial charge in [0, 0.05) is 36.2 Å². The number of benzene rings is 1. The van der Waals surface area contributed by atoms with Crippen LogP contribution in [0.5, 0.6) is 0 Å². The maximum Gasteiger partial charge on any atom is 0.123 e. The molecule has 0 amide bonds. The number of alkyl halides is 1. The van der Waals surface area contributed by atoms with Crippen molar-refractivity contribution in [2.24, 2.45) is 0 Å². The molecular weight excluding hydrogens is 295 g/mol. The summed E-state index contributed by atoms with van der Waals surface area (Å²) in [7, 11) is 2.16. The molecule has 1 heterocycles. The highest BCUT2D eigenvalue weighted by atomic mass is 79.9. The summed E-state index contributed by atoms with van der Waals surface area (Å²) in [4.78, 5) is 4.73. The zero-order valence-electron chi connectivity index (χ0n) is 11.2. The van der Waals surface area contributed by atoms with E-state index >= 15 is 0 Å². The molecule has 1 fully saturated rings. The van der Waals surface area contributed by atoms with Gasteiger partial charge in [0.1, 0.15) is 5.82 Å². The molecule has 18 heavy (non-hydrogen) atoms. The first-order valence-corrected chi connectivity index (χ1v) is 7.37. The van der Waals surface area contributed by atoms with E-state index in [9.17, 15) is 4.39 Å². The summed E-state index contributed by atoms with van der Waals surface area (Å²) in [5.74, 6) is -0.165.